The van der Waals surface area contributed by atoms with E-state index < -0.39 is 28.8 Å². The van der Waals surface area contributed by atoms with Crippen molar-refractivity contribution in [1.29, 1.82) is 0 Å². The zero-order valence-corrected chi connectivity index (χ0v) is 22.5. The number of alkyl halides is 3. The van der Waals surface area contributed by atoms with Crippen molar-refractivity contribution in [2.75, 3.05) is 40.3 Å². The maximum atomic E-state index is 14.2. The number of pyridine rings is 1. The Bertz CT molecular complexity index is 1120. The highest BCUT2D eigenvalue weighted by atomic mass is 19.4. The van der Waals surface area contributed by atoms with Crippen LogP contribution in [0.3, 0.4) is 0 Å². The second-order valence-electron chi connectivity index (χ2n) is 12.0. The Kier molecular flexibility index (Phi) is 7.17. The van der Waals surface area contributed by atoms with Gasteiger partial charge in [-0.15, -0.1) is 0 Å². The minimum absolute atomic E-state index is 0.0166. The van der Waals surface area contributed by atoms with Gasteiger partial charge < -0.3 is 19.8 Å². The van der Waals surface area contributed by atoms with Crippen LogP contribution in [-0.2, 0) is 28.7 Å². The number of fused-ring (bicyclic) bond motifs is 2. The molecule has 12 heteroatoms. The van der Waals surface area contributed by atoms with Crippen molar-refractivity contribution in [2.45, 2.75) is 64.3 Å². The molecule has 1 aromatic heterocycles. The maximum Gasteiger partial charge on any atom is 0.417 e. The highest BCUT2D eigenvalue weighted by Crippen LogP contribution is 2.52. The third-order valence-corrected chi connectivity index (χ3v) is 8.15. The standard InChI is InChI=1S/C26H36F3N5O4/c1-24(2,3)34(23(37)38)19-9-18-13-32(14-21(35)31(4)5)15-25(18,10-19)22(36)33-7-6-20-16(12-33)8-17(11-30-20)26(27,28)29/h8,11,18-19H,6-7,9-10,12-15H2,1-5H3,(H,37,38)/t18-,19+,25-/m0/s1. The van der Waals surface area contributed by atoms with E-state index in [0.29, 0.717) is 50.2 Å². The highest BCUT2D eigenvalue weighted by Gasteiger charge is 2.60. The van der Waals surface area contributed by atoms with Gasteiger partial charge >= 0.3 is 12.3 Å². The lowest BCUT2D eigenvalue weighted by atomic mass is 9.78. The topological polar surface area (TPSA) is 97.3 Å². The third kappa shape index (κ3) is 5.19. The van der Waals surface area contributed by atoms with Gasteiger partial charge in [0.25, 0.3) is 0 Å². The molecule has 1 saturated carbocycles. The van der Waals surface area contributed by atoms with Crippen LogP contribution in [0.25, 0.3) is 0 Å². The number of carboxylic acid groups (broad SMARTS) is 1. The summed E-state index contributed by atoms with van der Waals surface area (Å²) < 4.78 is 39.9. The minimum Gasteiger partial charge on any atom is -0.465 e. The lowest BCUT2D eigenvalue weighted by Gasteiger charge is -2.40. The number of carbonyl (C=O) groups is 3. The van der Waals surface area contributed by atoms with Crippen LogP contribution in [0, 0.1) is 11.3 Å². The molecule has 210 valence electrons. The highest BCUT2D eigenvalue weighted by molar-refractivity contribution is 5.85. The summed E-state index contributed by atoms with van der Waals surface area (Å²) in [6.07, 6.45) is -3.63. The molecule has 3 amide bonds. The second-order valence-corrected chi connectivity index (χ2v) is 12.0. The molecule has 2 fully saturated rings. The van der Waals surface area contributed by atoms with Gasteiger partial charge in [0.05, 0.1) is 17.5 Å². The van der Waals surface area contributed by atoms with Crippen molar-refractivity contribution in [3.05, 3.63) is 29.1 Å². The molecule has 9 nitrogen and oxygen atoms in total. The first-order valence-electron chi connectivity index (χ1n) is 12.8. The van der Waals surface area contributed by atoms with Gasteiger partial charge in [0, 0.05) is 70.2 Å². The van der Waals surface area contributed by atoms with Crippen LogP contribution in [0.15, 0.2) is 12.3 Å². The number of nitrogens with zero attached hydrogens (tertiary/aromatic N) is 5. The number of likely N-dealkylation sites (tertiary alicyclic amines) is 1. The molecule has 1 saturated heterocycles. The first-order chi connectivity index (χ1) is 17.5. The number of carbonyl (C=O) groups excluding carboxylic acids is 2. The van der Waals surface area contributed by atoms with Crippen molar-refractivity contribution in [2.24, 2.45) is 11.3 Å². The van der Waals surface area contributed by atoms with Gasteiger partial charge in [-0.3, -0.25) is 19.5 Å². The quantitative estimate of drug-likeness (QED) is 0.632. The van der Waals surface area contributed by atoms with Crippen LogP contribution in [0.4, 0.5) is 18.0 Å². The predicted octanol–water partition coefficient (Wildman–Crippen LogP) is 2.93. The molecule has 3 heterocycles. The van der Waals surface area contributed by atoms with Gasteiger partial charge in [-0.25, -0.2) is 4.79 Å². The van der Waals surface area contributed by atoms with E-state index in [0.717, 1.165) is 12.3 Å². The fraction of sp³-hybridized carbons (Fsp3) is 0.692. The molecular weight excluding hydrogens is 503 g/mol. The van der Waals surface area contributed by atoms with Crippen LogP contribution in [-0.4, -0.2) is 99.5 Å². The Morgan fingerprint density at radius 2 is 1.89 bits per heavy atom. The number of amides is 3. The summed E-state index contributed by atoms with van der Waals surface area (Å²) in [6.45, 7) is 6.71. The van der Waals surface area contributed by atoms with Gasteiger partial charge in [0.1, 0.15) is 0 Å². The number of likely N-dealkylation sites (N-methyl/N-ethyl adjacent to an activating group) is 1. The van der Waals surface area contributed by atoms with Crippen LogP contribution in [0.5, 0.6) is 0 Å². The summed E-state index contributed by atoms with van der Waals surface area (Å²) in [5.41, 5.74) is -1.53. The average molecular weight is 540 g/mol. The molecule has 0 spiro atoms. The molecule has 0 unspecified atom stereocenters. The zero-order valence-electron chi connectivity index (χ0n) is 22.5. The molecule has 3 aliphatic rings. The van der Waals surface area contributed by atoms with E-state index in [4.69, 9.17) is 0 Å². The van der Waals surface area contributed by atoms with E-state index >= 15 is 0 Å². The summed E-state index contributed by atoms with van der Waals surface area (Å²) in [6, 6.07) is 0.681. The van der Waals surface area contributed by atoms with Gasteiger partial charge in [0.15, 0.2) is 0 Å². The van der Waals surface area contributed by atoms with Gasteiger partial charge in [-0.05, 0) is 51.2 Å². The van der Waals surface area contributed by atoms with E-state index in [9.17, 15) is 32.7 Å². The number of halogens is 3. The summed E-state index contributed by atoms with van der Waals surface area (Å²) in [7, 11) is 3.33. The second kappa shape index (κ2) is 9.69. The molecule has 1 aromatic rings. The fourth-order valence-electron chi connectivity index (χ4n) is 6.48. The van der Waals surface area contributed by atoms with Crippen LogP contribution in [0.2, 0.25) is 0 Å². The maximum absolute atomic E-state index is 14.2. The molecule has 38 heavy (non-hydrogen) atoms. The van der Waals surface area contributed by atoms with Crippen molar-refractivity contribution >= 4 is 17.9 Å². The smallest absolute Gasteiger partial charge is 0.417 e. The van der Waals surface area contributed by atoms with Crippen LogP contribution < -0.4 is 0 Å². The van der Waals surface area contributed by atoms with Crippen LogP contribution >= 0.6 is 0 Å². The van der Waals surface area contributed by atoms with E-state index in [1.807, 2.05) is 25.7 Å². The number of aromatic nitrogens is 1. The summed E-state index contributed by atoms with van der Waals surface area (Å²) in [5.74, 6) is -0.462. The Balaban J connectivity index is 1.64. The molecule has 0 radical (unpaired) electrons. The van der Waals surface area contributed by atoms with Gasteiger partial charge in [0.2, 0.25) is 11.8 Å². The van der Waals surface area contributed by atoms with Crippen molar-refractivity contribution in [1.82, 2.24) is 24.6 Å². The molecule has 1 N–H and O–H groups in total. The van der Waals surface area contributed by atoms with E-state index in [-0.39, 0.29) is 36.9 Å². The first kappa shape index (κ1) is 28.1. The van der Waals surface area contributed by atoms with Crippen molar-refractivity contribution in [3.8, 4) is 0 Å². The molecule has 1 aliphatic carbocycles. The zero-order chi connectivity index (χ0) is 28.2. The number of hydrogen-bond donors (Lipinski definition) is 1. The third-order valence-electron chi connectivity index (χ3n) is 8.15. The lowest BCUT2D eigenvalue weighted by Crippen LogP contribution is -2.53. The molecular formula is C26H36F3N5O4. The average Bonchev–Trinajstić information content (AvgIpc) is 3.30. The normalized spacial score (nSPS) is 25.6. The molecule has 0 bridgehead atoms. The molecule has 3 atom stereocenters. The minimum atomic E-state index is -4.53. The fourth-order valence-corrected chi connectivity index (χ4v) is 6.48. The Morgan fingerprint density at radius 3 is 2.47 bits per heavy atom. The summed E-state index contributed by atoms with van der Waals surface area (Å²) >= 11 is 0. The Labute approximate surface area is 220 Å². The predicted molar refractivity (Wildman–Crippen MR) is 132 cm³/mol. The number of hydrogen-bond acceptors (Lipinski definition) is 5. The monoisotopic (exact) mass is 539 g/mol. The van der Waals surface area contributed by atoms with E-state index in [1.54, 1.807) is 19.0 Å². The lowest BCUT2D eigenvalue weighted by molar-refractivity contribution is -0.144. The van der Waals surface area contributed by atoms with Gasteiger partial charge in [-0.1, -0.05) is 0 Å². The van der Waals surface area contributed by atoms with Gasteiger partial charge in [-0.2, -0.15) is 13.2 Å². The first-order valence-corrected chi connectivity index (χ1v) is 12.8. The van der Waals surface area contributed by atoms with E-state index in [2.05, 4.69) is 4.98 Å². The largest absolute Gasteiger partial charge is 0.465 e. The molecule has 2 aliphatic heterocycles. The molecule has 4 rings (SSSR count). The summed E-state index contributed by atoms with van der Waals surface area (Å²) in [4.78, 5) is 49.4. The van der Waals surface area contributed by atoms with E-state index in [1.165, 1.54) is 9.80 Å². The van der Waals surface area contributed by atoms with Crippen molar-refractivity contribution in [3.63, 3.8) is 0 Å². The Hall–Kier alpha value is -2.89. The number of rotatable bonds is 4. The molecule has 0 aromatic carbocycles. The summed E-state index contributed by atoms with van der Waals surface area (Å²) in [5, 5.41) is 10.0. The van der Waals surface area contributed by atoms with Crippen LogP contribution in [0.1, 0.15) is 50.4 Å². The SMILES string of the molecule is CN(C)C(=O)CN1C[C@@H]2C[C@@H](N(C(=O)O)C(C)(C)C)C[C@]2(C(=O)N2CCc3ncc(C(F)(F)F)cc3C2)C1. The van der Waals surface area contributed by atoms with Crippen molar-refractivity contribution < 1.29 is 32.7 Å². The Morgan fingerprint density at radius 1 is 1.21 bits per heavy atom.